The first-order valence-electron chi connectivity index (χ1n) is 1.71. The Morgan fingerprint density at radius 2 is 2.20 bits per heavy atom. The van der Waals surface area contributed by atoms with Crippen LogP contribution >= 0.6 is 11.6 Å². The summed E-state index contributed by atoms with van der Waals surface area (Å²) >= 11 is 5.24. The molecule has 0 unspecified atom stereocenters. The highest BCUT2D eigenvalue weighted by atomic mass is 35.5. The molecule has 0 aromatic carbocycles. The zero-order valence-corrected chi connectivity index (χ0v) is 3.63. The van der Waals surface area contributed by atoms with Gasteiger partial charge in [0.05, 0.1) is 0 Å². The molecule has 0 heterocycles. The van der Waals surface area contributed by atoms with Crippen molar-refractivity contribution in [3.63, 3.8) is 0 Å². The van der Waals surface area contributed by atoms with Crippen molar-refractivity contribution in [1.82, 2.24) is 0 Å². The predicted molar refractivity (Wildman–Crippen MR) is 23.2 cm³/mol. The van der Waals surface area contributed by atoms with Gasteiger partial charge in [-0.15, -0.1) is 0 Å². The molecule has 0 N–H and O–H groups in total. The fraction of sp³-hybridized carbons (Fsp3) is 0.500. The number of hydrogen-bond acceptors (Lipinski definition) is 0. The molecule has 0 bridgehead atoms. The third-order valence-electron chi connectivity index (χ3n) is 0.693. The second kappa shape index (κ2) is 1.02. The molecule has 0 aliphatic heterocycles. The van der Waals surface area contributed by atoms with Crippen LogP contribution in [0.25, 0.3) is 0 Å². The van der Waals surface area contributed by atoms with Gasteiger partial charge in [0.15, 0.2) is 0 Å². The van der Waals surface area contributed by atoms with Gasteiger partial charge in [0.1, 0.15) is 0 Å². The first-order chi connectivity index (χ1) is 2.43. The molecule has 0 amide bonds. The molecule has 1 aliphatic rings. The van der Waals surface area contributed by atoms with Crippen LogP contribution in [0.2, 0.25) is 0 Å². The Labute approximate surface area is 36.4 Å². The zero-order chi connectivity index (χ0) is 3.70. The van der Waals surface area contributed by atoms with Crippen LogP contribution in [0.1, 0.15) is 12.8 Å². The van der Waals surface area contributed by atoms with Crippen molar-refractivity contribution in [2.45, 2.75) is 12.8 Å². The van der Waals surface area contributed by atoms with Crippen molar-refractivity contribution >= 4 is 11.6 Å². The van der Waals surface area contributed by atoms with E-state index in [0.29, 0.717) is 0 Å². The van der Waals surface area contributed by atoms with E-state index in [1.54, 1.807) is 5.54 Å². The minimum atomic E-state index is 1.24. The third kappa shape index (κ3) is 0.656. The quantitative estimate of drug-likeness (QED) is 0.424. The van der Waals surface area contributed by atoms with Crippen LogP contribution in [-0.4, -0.2) is 0 Å². The van der Waals surface area contributed by atoms with E-state index in [4.69, 9.17) is 11.6 Å². The molecule has 1 heteroatoms. The summed E-state index contributed by atoms with van der Waals surface area (Å²) in [7, 11) is 0. The smallest absolute Gasteiger partial charge is 0.00347 e. The number of allylic oxidation sites excluding steroid dienone is 1. The topological polar surface area (TPSA) is 0 Å². The van der Waals surface area contributed by atoms with Gasteiger partial charge in [-0.2, -0.15) is 0 Å². The van der Waals surface area contributed by atoms with E-state index >= 15 is 0 Å². The minimum Gasteiger partial charge on any atom is -0.0930 e. The Hall–Kier alpha value is 0.0300. The van der Waals surface area contributed by atoms with E-state index in [1.807, 2.05) is 0 Å². The van der Waals surface area contributed by atoms with Gasteiger partial charge in [0.2, 0.25) is 0 Å². The lowest BCUT2D eigenvalue weighted by molar-refractivity contribution is 1.50. The largest absolute Gasteiger partial charge is 0.0930 e. The van der Waals surface area contributed by atoms with Crippen LogP contribution in [0, 0.1) is 0 Å². The average Bonchev–Trinajstić information content (AvgIpc) is 2.12. The first-order valence-corrected chi connectivity index (χ1v) is 2.15. The summed E-state index contributed by atoms with van der Waals surface area (Å²) in [6.45, 7) is 0. The highest BCUT2D eigenvalue weighted by molar-refractivity contribution is 6.25. The van der Waals surface area contributed by atoms with Gasteiger partial charge in [-0.1, -0.05) is 17.2 Å². The summed E-state index contributed by atoms with van der Waals surface area (Å²) in [5.74, 6) is 0. The summed E-state index contributed by atoms with van der Waals surface area (Å²) in [6, 6.07) is 0. The maximum absolute atomic E-state index is 5.24. The Morgan fingerprint density at radius 1 is 1.60 bits per heavy atom. The van der Waals surface area contributed by atoms with Crippen LogP contribution < -0.4 is 0 Å². The molecule has 1 rings (SSSR count). The molecule has 1 fully saturated rings. The predicted octanol–water partition coefficient (Wildman–Crippen LogP) is 1.90. The van der Waals surface area contributed by atoms with E-state index in [1.165, 1.54) is 18.4 Å². The van der Waals surface area contributed by atoms with Gasteiger partial charge in [-0.25, -0.2) is 0 Å². The molecule has 0 radical (unpaired) electrons. The van der Waals surface area contributed by atoms with Gasteiger partial charge in [-0.05, 0) is 12.8 Å². The zero-order valence-electron chi connectivity index (χ0n) is 2.87. The van der Waals surface area contributed by atoms with Crippen molar-refractivity contribution in [3.05, 3.63) is 11.1 Å². The van der Waals surface area contributed by atoms with E-state index < -0.39 is 0 Å². The Morgan fingerprint density at radius 3 is 2.20 bits per heavy atom. The van der Waals surface area contributed by atoms with Crippen molar-refractivity contribution in [2.24, 2.45) is 0 Å². The van der Waals surface area contributed by atoms with E-state index in [9.17, 15) is 0 Å². The SMILES string of the molecule is ClC=C1CC1. The van der Waals surface area contributed by atoms with Crippen LogP contribution in [0.15, 0.2) is 11.1 Å². The van der Waals surface area contributed by atoms with Crippen molar-refractivity contribution < 1.29 is 0 Å². The van der Waals surface area contributed by atoms with Gasteiger partial charge < -0.3 is 0 Å². The standard InChI is InChI=1S/C4H5Cl/c5-3-4-1-2-4/h3H,1-2H2. The Kier molecular flexibility index (Phi) is 0.657. The molecule has 1 aliphatic carbocycles. The summed E-state index contributed by atoms with van der Waals surface area (Å²) in [4.78, 5) is 0. The van der Waals surface area contributed by atoms with Crippen molar-refractivity contribution in [1.29, 1.82) is 0 Å². The summed E-state index contributed by atoms with van der Waals surface area (Å²) < 4.78 is 0. The molecule has 5 heavy (non-hydrogen) atoms. The van der Waals surface area contributed by atoms with Crippen LogP contribution in [0.3, 0.4) is 0 Å². The molecule has 0 aromatic heterocycles. The molecule has 0 atom stereocenters. The highest BCUT2D eigenvalue weighted by Crippen LogP contribution is 2.27. The maximum atomic E-state index is 5.24. The number of halogens is 1. The second-order valence-corrected chi connectivity index (χ2v) is 1.49. The summed E-state index contributed by atoms with van der Waals surface area (Å²) in [5.41, 5.74) is 3.06. The Balaban J connectivity index is 2.46. The lowest BCUT2D eigenvalue weighted by Gasteiger charge is -1.50. The van der Waals surface area contributed by atoms with E-state index in [0.717, 1.165) is 0 Å². The molecule has 0 aromatic rings. The lowest BCUT2D eigenvalue weighted by Crippen LogP contribution is -1.25. The molecule has 0 saturated heterocycles. The molecule has 0 spiro atoms. The lowest BCUT2D eigenvalue weighted by atomic mass is 10.7. The number of hydrogen-bond donors (Lipinski definition) is 0. The molecule has 1 saturated carbocycles. The summed E-state index contributed by atoms with van der Waals surface area (Å²) in [5, 5.41) is 0. The molecular formula is C4H5Cl. The van der Waals surface area contributed by atoms with Gasteiger partial charge in [0.25, 0.3) is 0 Å². The minimum absolute atomic E-state index is 1.24. The second-order valence-electron chi connectivity index (χ2n) is 1.27. The van der Waals surface area contributed by atoms with Gasteiger partial charge in [-0.3, -0.25) is 0 Å². The van der Waals surface area contributed by atoms with E-state index in [-0.39, 0.29) is 0 Å². The average molecular weight is 88.5 g/mol. The molecule has 28 valence electrons. The monoisotopic (exact) mass is 88.0 g/mol. The van der Waals surface area contributed by atoms with Gasteiger partial charge >= 0.3 is 0 Å². The normalized spacial score (nSPS) is 19.0. The van der Waals surface area contributed by atoms with Crippen LogP contribution in [0.5, 0.6) is 0 Å². The third-order valence-corrected chi connectivity index (χ3v) is 1.00. The maximum Gasteiger partial charge on any atom is 0.00347 e. The number of rotatable bonds is 0. The van der Waals surface area contributed by atoms with Gasteiger partial charge in [0, 0.05) is 5.54 Å². The highest BCUT2D eigenvalue weighted by Gasteiger charge is 2.07. The summed E-state index contributed by atoms with van der Waals surface area (Å²) in [6.07, 6.45) is 2.48. The van der Waals surface area contributed by atoms with E-state index in [2.05, 4.69) is 0 Å². The van der Waals surface area contributed by atoms with Crippen LogP contribution in [0.4, 0.5) is 0 Å². The fourth-order valence-corrected chi connectivity index (χ4v) is 0.399. The van der Waals surface area contributed by atoms with Crippen molar-refractivity contribution in [2.75, 3.05) is 0 Å². The molecule has 0 nitrogen and oxygen atoms in total. The first kappa shape index (κ1) is 3.23. The molecular weight excluding hydrogens is 83.5 g/mol. The van der Waals surface area contributed by atoms with Crippen molar-refractivity contribution in [3.8, 4) is 0 Å². The fourth-order valence-electron chi connectivity index (χ4n) is 0.181. The Bertz CT molecular complexity index is 58.0. The van der Waals surface area contributed by atoms with Crippen LogP contribution in [-0.2, 0) is 0 Å².